The Morgan fingerprint density at radius 1 is 0.261 bits per heavy atom. The van der Waals surface area contributed by atoms with E-state index in [1.165, 1.54) is 116 Å². The maximum absolute atomic E-state index is 13.0. The molecule has 111 heavy (non-hydrogen) atoms. The Kier molecular flexibility index (Phi) is 80.0. The number of unbranched alkanes of at least 4 members (excludes halogenated alkanes) is 27. The van der Waals surface area contributed by atoms with E-state index in [9.17, 15) is 43.5 Å². The van der Waals surface area contributed by atoms with Gasteiger partial charge in [-0.25, -0.2) is 9.13 Å². The van der Waals surface area contributed by atoms with Crippen molar-refractivity contribution in [3.63, 3.8) is 0 Å². The Balaban J connectivity index is 4.59. The number of carbonyl (C=O) groups is 3. The second-order valence-electron chi connectivity index (χ2n) is 28.2. The Morgan fingerprint density at radius 2 is 0.477 bits per heavy atom. The van der Waals surface area contributed by atoms with Crippen LogP contribution in [0.2, 0.25) is 0 Å². The molecule has 0 aliphatic heterocycles. The van der Waals surface area contributed by atoms with Crippen molar-refractivity contribution >= 4 is 33.6 Å². The summed E-state index contributed by atoms with van der Waals surface area (Å²) in [6.07, 6.45) is 109. The highest BCUT2D eigenvalue weighted by atomic mass is 31.2. The second kappa shape index (κ2) is 84.1. The fourth-order valence-electron chi connectivity index (χ4n) is 11.1. The van der Waals surface area contributed by atoms with Crippen LogP contribution in [0, 0.1) is 0 Å². The first-order valence-corrected chi connectivity index (χ1v) is 46.1. The lowest BCUT2D eigenvalue weighted by Gasteiger charge is -2.21. The molecule has 0 aliphatic carbocycles. The predicted molar refractivity (Wildman–Crippen MR) is 463 cm³/mol. The van der Waals surface area contributed by atoms with Crippen LogP contribution < -0.4 is 0 Å². The molecule has 0 rings (SSSR count). The van der Waals surface area contributed by atoms with Gasteiger partial charge < -0.3 is 34.2 Å². The molecule has 0 aromatic carbocycles. The van der Waals surface area contributed by atoms with Crippen LogP contribution in [-0.2, 0) is 55.8 Å². The van der Waals surface area contributed by atoms with Gasteiger partial charge in [-0.2, -0.15) is 0 Å². The highest BCUT2D eigenvalue weighted by molar-refractivity contribution is 7.47. The average Bonchev–Trinajstić information content (AvgIpc) is 0.902. The summed E-state index contributed by atoms with van der Waals surface area (Å²) < 4.78 is 61.3. The van der Waals surface area contributed by atoms with E-state index in [4.69, 9.17) is 32.3 Å². The minimum absolute atomic E-state index is 0.0653. The number of esters is 3. The van der Waals surface area contributed by atoms with Crippen LogP contribution in [0.1, 0.15) is 329 Å². The summed E-state index contributed by atoms with van der Waals surface area (Å²) in [6, 6.07) is 0. The summed E-state index contributed by atoms with van der Waals surface area (Å²) in [5.74, 6) is -1.65. The van der Waals surface area contributed by atoms with Crippen molar-refractivity contribution in [2.75, 3.05) is 39.6 Å². The van der Waals surface area contributed by atoms with Gasteiger partial charge in [0.05, 0.1) is 26.4 Å². The van der Waals surface area contributed by atoms with E-state index in [1.54, 1.807) is 0 Å². The van der Waals surface area contributed by atoms with Crippen molar-refractivity contribution in [1.82, 2.24) is 0 Å². The van der Waals surface area contributed by atoms with Gasteiger partial charge in [0.1, 0.15) is 25.4 Å². The first-order valence-electron chi connectivity index (χ1n) is 43.1. The number of phosphoric acid groups is 2. The lowest BCUT2D eigenvalue weighted by atomic mass is 10.0. The van der Waals surface area contributed by atoms with Gasteiger partial charge in [-0.3, -0.25) is 32.5 Å². The normalized spacial score (nSPS) is 14.8. The smallest absolute Gasteiger partial charge is 0.463 e. The van der Waals surface area contributed by atoms with Crippen LogP contribution in [0.5, 0.6) is 0 Å². The van der Waals surface area contributed by atoms with E-state index in [1.807, 2.05) is 0 Å². The lowest BCUT2D eigenvalue weighted by Crippen LogP contribution is -2.30. The van der Waals surface area contributed by atoms with Crippen LogP contribution >= 0.6 is 15.6 Å². The monoisotopic (exact) mass is 1590 g/mol. The quantitative estimate of drug-likeness (QED) is 0.0146. The van der Waals surface area contributed by atoms with Crippen molar-refractivity contribution in [3.8, 4) is 0 Å². The molecule has 0 amide bonds. The first-order chi connectivity index (χ1) is 54.2. The van der Waals surface area contributed by atoms with Gasteiger partial charge >= 0.3 is 33.6 Å². The Morgan fingerprint density at radius 3 is 0.775 bits per heavy atom. The third-order valence-electron chi connectivity index (χ3n) is 17.6. The van der Waals surface area contributed by atoms with E-state index < -0.39 is 91.5 Å². The Labute approximate surface area is 675 Å². The number of aliphatic hydroxyl groups is 2. The molecule has 0 bridgehead atoms. The van der Waals surface area contributed by atoms with Gasteiger partial charge in [0.25, 0.3) is 0 Å². The van der Waals surface area contributed by atoms with Crippen molar-refractivity contribution < 1.29 is 75.8 Å². The molecule has 4 N–H and O–H groups in total. The van der Waals surface area contributed by atoms with Crippen LogP contribution in [-0.4, -0.2) is 95.9 Å². The number of hydrogen-bond donors (Lipinski definition) is 4. The lowest BCUT2D eigenvalue weighted by molar-refractivity contribution is -0.161. The minimum Gasteiger partial charge on any atom is -0.463 e. The number of allylic oxidation sites excluding steroid dienone is 30. The van der Waals surface area contributed by atoms with Crippen LogP contribution in [0.15, 0.2) is 182 Å². The summed E-state index contributed by atoms with van der Waals surface area (Å²) in [7, 11) is -9.83. The second-order valence-corrected chi connectivity index (χ2v) is 31.1. The zero-order valence-electron chi connectivity index (χ0n) is 69.3. The molecule has 18 heteroatoms. The maximum Gasteiger partial charge on any atom is 0.472 e. The van der Waals surface area contributed by atoms with Gasteiger partial charge in [0.15, 0.2) is 6.10 Å². The van der Waals surface area contributed by atoms with E-state index in [0.29, 0.717) is 19.3 Å². The molecule has 5 atom stereocenters. The molecule has 5 unspecified atom stereocenters. The van der Waals surface area contributed by atoms with E-state index in [0.717, 1.165) is 154 Å². The van der Waals surface area contributed by atoms with Crippen molar-refractivity contribution in [1.29, 1.82) is 0 Å². The van der Waals surface area contributed by atoms with Crippen LogP contribution in [0.3, 0.4) is 0 Å². The SMILES string of the molecule is CC/C=C\C/C=C\C/C=C\C/C=C\C/C=C\C/C=C\CCCCC(=O)OCC(COP(=O)(O)OCC(O)COP(=O)(O)OCC(O)COC(=O)CCCCCCCCCCCCCCCCCCC/C=C\C/C=C\C/C=C\C/C=C\CCCCC)OC(=O)CCCCCCC/C=C\C/C=C\C/C=C\C/C=C\C/C=C\CC. The molecule has 0 saturated carbocycles. The standard InChI is InChI=1S/C93H154O16P2/c1-4-7-10-13-16-19-22-25-28-31-34-37-38-39-40-41-42-43-44-45-46-47-48-51-53-55-58-61-64-67-70-73-76-79-91(96)103-82-88(94)83-105-110(99,100)106-84-89(95)85-107-111(101,102)108-87-90(109-93(98)81-78-75-72-69-66-63-60-57-54-50-36-33-30-27-24-21-18-15-12-9-6-3)86-104-92(97)80-77-74-71-68-65-62-59-56-52-49-35-32-29-26-23-20-17-14-11-8-5-2/h8-9,11-12,16-21,25-30,34-37,39-40,49-50,56-57,59-60,65,68,88-90,94-95H,4-7,10,13-15,22-24,31-33,38,41-48,51-55,58,61-64,66-67,69-87H2,1-3H3,(H,99,100)(H,101,102)/b11-8-,12-9-,19-16-,20-17-,21-18-,28-25-,29-26-,30-27-,37-34-,40-39-,49-35-,50-36-,59-56-,60-57-,68-65-. The Hall–Kier alpha value is -5.35. The van der Waals surface area contributed by atoms with Gasteiger partial charge in [-0.15, -0.1) is 0 Å². The molecule has 0 saturated heterocycles. The predicted octanol–water partition coefficient (Wildman–Crippen LogP) is 26.1. The molecule has 0 radical (unpaired) electrons. The van der Waals surface area contributed by atoms with Gasteiger partial charge in [0.2, 0.25) is 0 Å². The van der Waals surface area contributed by atoms with Crippen molar-refractivity contribution in [2.24, 2.45) is 0 Å². The summed E-state index contributed by atoms with van der Waals surface area (Å²) in [6.45, 7) is 2.36. The topological polar surface area (TPSA) is 231 Å². The average molecular weight is 1590 g/mol. The van der Waals surface area contributed by atoms with Crippen molar-refractivity contribution in [3.05, 3.63) is 182 Å². The molecule has 16 nitrogen and oxygen atoms in total. The zero-order valence-corrected chi connectivity index (χ0v) is 71.1. The molecule has 0 aromatic heterocycles. The largest absolute Gasteiger partial charge is 0.472 e. The summed E-state index contributed by atoms with van der Waals surface area (Å²) >= 11 is 0. The fourth-order valence-corrected chi connectivity index (χ4v) is 12.7. The number of ether oxygens (including phenoxy) is 3. The molecule has 0 spiro atoms. The Bertz CT molecular complexity index is 2750. The van der Waals surface area contributed by atoms with E-state index in [-0.39, 0.29) is 19.3 Å². The molecular formula is C93H154O16P2. The van der Waals surface area contributed by atoms with Gasteiger partial charge in [-0.1, -0.05) is 331 Å². The summed E-state index contributed by atoms with van der Waals surface area (Å²) in [5, 5.41) is 20.7. The number of hydrogen-bond acceptors (Lipinski definition) is 14. The summed E-state index contributed by atoms with van der Waals surface area (Å²) in [4.78, 5) is 58.8. The first kappa shape index (κ1) is 106. The number of phosphoric ester groups is 2. The molecular weight excluding hydrogens is 1430 g/mol. The molecule has 632 valence electrons. The van der Waals surface area contributed by atoms with E-state index >= 15 is 0 Å². The third kappa shape index (κ3) is 85.4. The third-order valence-corrected chi connectivity index (χ3v) is 19.5. The number of carbonyl (C=O) groups excluding carboxylic acids is 3. The number of aliphatic hydroxyl groups excluding tert-OH is 2. The van der Waals surface area contributed by atoms with Crippen molar-refractivity contribution in [2.45, 2.75) is 347 Å². The van der Waals surface area contributed by atoms with Crippen LogP contribution in [0.4, 0.5) is 0 Å². The molecule has 0 aromatic rings. The molecule has 0 aliphatic rings. The summed E-state index contributed by atoms with van der Waals surface area (Å²) in [5.41, 5.74) is 0. The highest BCUT2D eigenvalue weighted by Gasteiger charge is 2.29. The number of rotatable bonds is 80. The van der Waals surface area contributed by atoms with Gasteiger partial charge in [0, 0.05) is 19.3 Å². The fraction of sp³-hybridized carbons (Fsp3) is 0.645. The molecule has 0 heterocycles. The van der Waals surface area contributed by atoms with Crippen LogP contribution in [0.25, 0.3) is 0 Å². The molecule has 0 fully saturated rings. The maximum atomic E-state index is 13.0. The highest BCUT2D eigenvalue weighted by Crippen LogP contribution is 2.45. The van der Waals surface area contributed by atoms with E-state index in [2.05, 4.69) is 203 Å². The zero-order chi connectivity index (χ0) is 80.8. The minimum atomic E-state index is -4.96. The van der Waals surface area contributed by atoms with Gasteiger partial charge in [-0.05, 0) is 161 Å².